The maximum absolute atomic E-state index is 11.7. The quantitative estimate of drug-likeness (QED) is 0.613. The molecule has 2 rings (SSSR count). The van der Waals surface area contributed by atoms with Crippen molar-refractivity contribution in [3.8, 4) is 0 Å². The van der Waals surface area contributed by atoms with Gasteiger partial charge >= 0.3 is 0 Å². The smallest absolute Gasteiger partial charge is 0.194 e. The minimum atomic E-state index is -3.00. The molecule has 1 aliphatic rings. The van der Waals surface area contributed by atoms with Gasteiger partial charge in [0.25, 0.3) is 0 Å². The molecule has 1 atom stereocenters. The summed E-state index contributed by atoms with van der Waals surface area (Å²) in [6.45, 7) is 8.86. The Labute approximate surface area is 151 Å². The normalized spacial score (nSPS) is 19.1. The van der Waals surface area contributed by atoms with Gasteiger partial charge < -0.3 is 15.0 Å². The molecule has 25 heavy (non-hydrogen) atoms. The Morgan fingerprint density at radius 2 is 2.12 bits per heavy atom. The van der Waals surface area contributed by atoms with Crippen molar-refractivity contribution < 1.29 is 13.2 Å². The van der Waals surface area contributed by atoms with Crippen molar-refractivity contribution in [2.24, 2.45) is 4.99 Å². The zero-order chi connectivity index (χ0) is 18.3. The number of morpholine rings is 1. The first-order valence-electron chi connectivity index (χ1n) is 8.87. The van der Waals surface area contributed by atoms with Gasteiger partial charge in [-0.05, 0) is 25.0 Å². The molecule has 0 bridgehead atoms. The molecular weight excluding hydrogens is 338 g/mol. The predicted molar refractivity (Wildman–Crippen MR) is 102 cm³/mol. The van der Waals surface area contributed by atoms with Crippen LogP contribution in [-0.4, -0.2) is 63.6 Å². The molecule has 1 aliphatic heterocycles. The lowest BCUT2D eigenvalue weighted by Crippen LogP contribution is -2.48. The summed E-state index contributed by atoms with van der Waals surface area (Å²) in [5.41, 5.74) is 2.40. The highest BCUT2D eigenvalue weighted by molar-refractivity contribution is 7.91. The van der Waals surface area contributed by atoms with Gasteiger partial charge in [-0.15, -0.1) is 0 Å². The maximum Gasteiger partial charge on any atom is 0.194 e. The summed E-state index contributed by atoms with van der Waals surface area (Å²) in [4.78, 5) is 6.67. The Balaban J connectivity index is 2.08. The standard InChI is InChI=1S/C18H29N3O3S/c1-4-19-18(20-10-13-25(22,23)5-2)21-11-12-24-17(14-21)16-9-7-6-8-15(16)3/h6-9,17H,4-5,10-14H2,1-3H3,(H,19,20). The van der Waals surface area contributed by atoms with Crippen LogP contribution in [0.5, 0.6) is 0 Å². The highest BCUT2D eigenvalue weighted by Crippen LogP contribution is 2.24. The van der Waals surface area contributed by atoms with Gasteiger partial charge in [-0.1, -0.05) is 31.2 Å². The minimum absolute atomic E-state index is 0.00168. The number of benzene rings is 1. The fourth-order valence-corrected chi connectivity index (χ4v) is 3.50. The number of nitrogens with one attached hydrogen (secondary N) is 1. The number of hydrogen-bond donors (Lipinski definition) is 1. The molecule has 1 saturated heterocycles. The zero-order valence-corrected chi connectivity index (χ0v) is 16.2. The molecule has 1 heterocycles. The fraction of sp³-hybridized carbons (Fsp3) is 0.611. The molecule has 0 aromatic heterocycles. The van der Waals surface area contributed by atoms with Gasteiger partial charge in [-0.3, -0.25) is 4.99 Å². The van der Waals surface area contributed by atoms with E-state index < -0.39 is 9.84 Å². The molecule has 7 heteroatoms. The third-order valence-corrected chi connectivity index (χ3v) is 6.02. The zero-order valence-electron chi connectivity index (χ0n) is 15.4. The van der Waals surface area contributed by atoms with Gasteiger partial charge in [0, 0.05) is 18.8 Å². The molecular formula is C18H29N3O3S. The topological polar surface area (TPSA) is 71.0 Å². The summed E-state index contributed by atoms with van der Waals surface area (Å²) in [7, 11) is -3.00. The summed E-state index contributed by atoms with van der Waals surface area (Å²) in [5.74, 6) is 1.01. The van der Waals surface area contributed by atoms with E-state index in [-0.39, 0.29) is 24.2 Å². The molecule has 0 aliphatic carbocycles. The molecule has 0 spiro atoms. The first-order chi connectivity index (χ1) is 12.0. The lowest BCUT2D eigenvalue weighted by Gasteiger charge is -2.35. The van der Waals surface area contributed by atoms with Gasteiger partial charge in [-0.2, -0.15) is 0 Å². The Morgan fingerprint density at radius 3 is 2.80 bits per heavy atom. The van der Waals surface area contributed by atoms with E-state index in [4.69, 9.17) is 4.74 Å². The molecule has 1 unspecified atom stereocenters. The van der Waals surface area contributed by atoms with Crippen LogP contribution in [0, 0.1) is 6.92 Å². The van der Waals surface area contributed by atoms with Crippen LogP contribution < -0.4 is 5.32 Å². The summed E-state index contributed by atoms with van der Waals surface area (Å²) >= 11 is 0. The molecule has 6 nitrogen and oxygen atoms in total. The van der Waals surface area contributed by atoms with Crippen molar-refractivity contribution in [2.75, 3.05) is 44.3 Å². The average molecular weight is 368 g/mol. The largest absolute Gasteiger partial charge is 0.370 e. The molecule has 1 fully saturated rings. The third-order valence-electron chi connectivity index (χ3n) is 4.34. The van der Waals surface area contributed by atoms with Crippen LogP contribution in [0.4, 0.5) is 0 Å². The SMILES string of the molecule is CCNC(=NCCS(=O)(=O)CC)N1CCOC(c2ccccc2C)C1. The van der Waals surface area contributed by atoms with E-state index in [0.717, 1.165) is 19.0 Å². The lowest BCUT2D eigenvalue weighted by molar-refractivity contribution is -0.00831. The van der Waals surface area contributed by atoms with Crippen molar-refractivity contribution >= 4 is 15.8 Å². The van der Waals surface area contributed by atoms with Crippen molar-refractivity contribution in [2.45, 2.75) is 26.9 Å². The predicted octanol–water partition coefficient (Wildman–Crippen LogP) is 1.77. The molecule has 0 radical (unpaired) electrons. The van der Waals surface area contributed by atoms with Gasteiger partial charge in [0.1, 0.15) is 6.10 Å². The van der Waals surface area contributed by atoms with Gasteiger partial charge in [-0.25, -0.2) is 8.42 Å². The van der Waals surface area contributed by atoms with Gasteiger partial charge in [0.2, 0.25) is 0 Å². The number of nitrogens with zero attached hydrogens (tertiary/aromatic N) is 2. The van der Waals surface area contributed by atoms with Crippen LogP contribution in [0.3, 0.4) is 0 Å². The van der Waals surface area contributed by atoms with E-state index in [1.54, 1.807) is 6.92 Å². The van der Waals surface area contributed by atoms with Crippen LogP contribution >= 0.6 is 0 Å². The van der Waals surface area contributed by atoms with E-state index in [0.29, 0.717) is 13.2 Å². The molecule has 140 valence electrons. The molecule has 1 aromatic rings. The van der Waals surface area contributed by atoms with E-state index in [9.17, 15) is 8.42 Å². The number of guanidine groups is 1. The van der Waals surface area contributed by atoms with Gasteiger partial charge in [0.15, 0.2) is 15.8 Å². The Kier molecular flexibility index (Phi) is 7.25. The molecule has 0 saturated carbocycles. The second-order valence-electron chi connectivity index (χ2n) is 6.13. The first-order valence-corrected chi connectivity index (χ1v) is 10.7. The molecule has 1 N–H and O–H groups in total. The van der Waals surface area contributed by atoms with E-state index in [2.05, 4.69) is 34.3 Å². The van der Waals surface area contributed by atoms with Crippen molar-refractivity contribution in [1.29, 1.82) is 0 Å². The van der Waals surface area contributed by atoms with Crippen LogP contribution in [0.1, 0.15) is 31.1 Å². The van der Waals surface area contributed by atoms with Crippen LogP contribution in [0.25, 0.3) is 0 Å². The monoisotopic (exact) mass is 367 g/mol. The maximum atomic E-state index is 11.7. The van der Waals surface area contributed by atoms with Crippen molar-refractivity contribution in [1.82, 2.24) is 10.2 Å². The van der Waals surface area contributed by atoms with Gasteiger partial charge in [0.05, 0.1) is 25.4 Å². The van der Waals surface area contributed by atoms with E-state index in [1.165, 1.54) is 11.1 Å². The van der Waals surface area contributed by atoms with E-state index in [1.807, 2.05) is 19.1 Å². The summed E-state index contributed by atoms with van der Waals surface area (Å²) < 4.78 is 29.3. The highest BCUT2D eigenvalue weighted by Gasteiger charge is 2.25. The summed E-state index contributed by atoms with van der Waals surface area (Å²) in [6, 6.07) is 8.24. The number of sulfone groups is 1. The Bertz CT molecular complexity index is 689. The van der Waals surface area contributed by atoms with E-state index >= 15 is 0 Å². The van der Waals surface area contributed by atoms with Crippen LogP contribution in [-0.2, 0) is 14.6 Å². The molecule has 0 amide bonds. The highest BCUT2D eigenvalue weighted by atomic mass is 32.2. The Hall–Kier alpha value is -1.60. The fourth-order valence-electron chi connectivity index (χ4n) is 2.84. The van der Waals surface area contributed by atoms with Crippen LogP contribution in [0.2, 0.25) is 0 Å². The number of aliphatic imine (C=N–C) groups is 1. The van der Waals surface area contributed by atoms with Crippen LogP contribution in [0.15, 0.2) is 29.3 Å². The summed E-state index contributed by atoms with van der Waals surface area (Å²) in [6.07, 6.45) is -0.00168. The lowest BCUT2D eigenvalue weighted by atomic mass is 10.0. The van der Waals surface area contributed by atoms with Crippen molar-refractivity contribution in [3.63, 3.8) is 0 Å². The number of hydrogen-bond acceptors (Lipinski definition) is 4. The average Bonchev–Trinajstić information content (AvgIpc) is 2.61. The Morgan fingerprint density at radius 1 is 1.36 bits per heavy atom. The number of ether oxygens (including phenoxy) is 1. The van der Waals surface area contributed by atoms with Crippen molar-refractivity contribution in [3.05, 3.63) is 35.4 Å². The minimum Gasteiger partial charge on any atom is -0.370 e. The second kappa shape index (κ2) is 9.20. The summed E-state index contributed by atoms with van der Waals surface area (Å²) in [5, 5.41) is 3.27. The number of aryl methyl sites for hydroxylation is 1. The first kappa shape index (κ1) is 19.7. The number of rotatable bonds is 6. The second-order valence-corrected chi connectivity index (χ2v) is 8.61. The molecule has 1 aromatic carbocycles. The third kappa shape index (κ3) is 5.71.